The number of ether oxygens (including phenoxy) is 4. The van der Waals surface area contributed by atoms with Crippen LogP contribution in [0.25, 0.3) is 5.57 Å². The van der Waals surface area contributed by atoms with Crippen LogP contribution in [0, 0.1) is 36.5 Å². The quantitative estimate of drug-likeness (QED) is 0.143. The number of aromatic hydroxyl groups is 1. The number of methoxy groups -OCH3 is 1. The second kappa shape index (κ2) is 16.7. The first-order valence-electron chi connectivity index (χ1n) is 17.8. The maximum absolute atomic E-state index is 14.0. The molecule has 54 heavy (non-hydrogen) atoms. The number of phenolic OH excluding ortho intramolecular Hbond substituents is 1. The van der Waals surface area contributed by atoms with E-state index in [-0.39, 0.29) is 63.2 Å². The van der Waals surface area contributed by atoms with E-state index in [0.717, 1.165) is 14.0 Å². The van der Waals surface area contributed by atoms with Gasteiger partial charge in [0, 0.05) is 52.9 Å². The molecule has 1 aliphatic carbocycles. The second-order valence-electron chi connectivity index (χ2n) is 14.4. The second-order valence-corrected chi connectivity index (χ2v) is 14.4. The highest BCUT2D eigenvalue weighted by atomic mass is 16.7. The van der Waals surface area contributed by atoms with E-state index in [1.807, 2.05) is 0 Å². The van der Waals surface area contributed by atoms with Gasteiger partial charge in [0.15, 0.2) is 11.5 Å². The summed E-state index contributed by atoms with van der Waals surface area (Å²) in [7, 11) is 1.11. The van der Waals surface area contributed by atoms with Crippen molar-refractivity contribution in [2.75, 3.05) is 19.2 Å². The lowest BCUT2D eigenvalue weighted by Crippen LogP contribution is -2.50. The van der Waals surface area contributed by atoms with E-state index in [2.05, 4.69) is 5.32 Å². The number of nitrogens with one attached hydrogen (secondary N) is 1. The Labute approximate surface area is 314 Å². The number of phenols is 1. The van der Waals surface area contributed by atoms with E-state index < -0.39 is 83.4 Å². The summed E-state index contributed by atoms with van der Waals surface area (Å²) in [6, 6.07) is 0. The molecule has 0 fully saturated rings. The van der Waals surface area contributed by atoms with Crippen molar-refractivity contribution in [1.29, 1.82) is 0 Å². The number of anilines is 1. The maximum atomic E-state index is 14.0. The van der Waals surface area contributed by atoms with Gasteiger partial charge in [-0.3, -0.25) is 19.2 Å². The molecule has 1 aromatic carbocycles. The van der Waals surface area contributed by atoms with Gasteiger partial charge < -0.3 is 49.8 Å². The molecule has 0 saturated heterocycles. The summed E-state index contributed by atoms with van der Waals surface area (Å²) in [5.41, 5.74) is 0.550. The van der Waals surface area contributed by atoms with Gasteiger partial charge in [0.05, 0.1) is 48.3 Å². The molecule has 0 radical (unpaired) electrons. The van der Waals surface area contributed by atoms with Gasteiger partial charge >= 0.3 is 11.9 Å². The number of hydrogen-bond acceptors (Lipinski definition) is 13. The molecule has 6 N–H and O–H groups in total. The largest absolute Gasteiger partial charge is 0.505 e. The van der Waals surface area contributed by atoms with E-state index in [4.69, 9.17) is 18.9 Å². The number of aliphatic hydroxyl groups excluding tert-OH is 4. The first kappa shape index (κ1) is 42.0. The van der Waals surface area contributed by atoms with Crippen LogP contribution in [0.1, 0.15) is 76.9 Å². The van der Waals surface area contributed by atoms with Crippen molar-refractivity contribution >= 4 is 34.9 Å². The average molecular weight is 754 g/mol. The number of carbonyl (C=O) groups excluding carboxylic acids is 4. The molecule has 5 rings (SSSR count). The molecule has 1 aromatic rings. The van der Waals surface area contributed by atoms with Crippen molar-refractivity contribution in [2.24, 2.45) is 29.6 Å². The third-order valence-corrected chi connectivity index (χ3v) is 10.6. The number of allylic oxidation sites excluding steroid dienone is 5. The third kappa shape index (κ3) is 7.88. The highest BCUT2D eigenvalue weighted by molar-refractivity contribution is 6.21. The van der Waals surface area contributed by atoms with Gasteiger partial charge in [-0.15, -0.1) is 0 Å². The third-order valence-electron chi connectivity index (χ3n) is 10.6. The number of hydrogen-bond donors (Lipinski definition) is 6. The van der Waals surface area contributed by atoms with E-state index in [1.165, 1.54) is 46.8 Å². The van der Waals surface area contributed by atoms with Crippen molar-refractivity contribution < 1.29 is 63.7 Å². The van der Waals surface area contributed by atoms with E-state index >= 15 is 0 Å². The summed E-state index contributed by atoms with van der Waals surface area (Å²) in [6.45, 7) is 13.4. The lowest BCUT2D eigenvalue weighted by Gasteiger charge is -2.37. The van der Waals surface area contributed by atoms with Crippen LogP contribution in [-0.4, -0.2) is 87.5 Å². The van der Waals surface area contributed by atoms with Gasteiger partial charge in [-0.2, -0.15) is 0 Å². The molecule has 4 bridgehead atoms. The fraction of sp³-hybridized carbons (Fsp3) is 0.500. The van der Waals surface area contributed by atoms with Crippen LogP contribution < -0.4 is 10.1 Å². The molecule has 4 aliphatic rings. The number of ketones is 1. The summed E-state index contributed by atoms with van der Waals surface area (Å²) < 4.78 is 22.5. The molecule has 9 atom stereocenters. The SMILES string of the molecule is COC(=O)[C@@H]1[C@H](O)[C@H](C)[C@@H](O)[C@H](C)/C=C\C=C(/C)C(=O)Nc2c(C)c(OC(C)=O)c3c(c2O)C(=O)C(C)=C2OCOC(=C23)/C(C)=C/[C@@H](C)[C@@H](O)[C@@H](C)[C@H]1O. The Kier molecular flexibility index (Phi) is 13.0. The van der Waals surface area contributed by atoms with Gasteiger partial charge in [0.25, 0.3) is 5.91 Å². The minimum Gasteiger partial charge on any atom is -0.505 e. The topological polar surface area (TPSA) is 218 Å². The van der Waals surface area contributed by atoms with Gasteiger partial charge in [-0.05, 0) is 33.3 Å². The van der Waals surface area contributed by atoms with Crippen LogP contribution in [0.15, 0.2) is 52.5 Å². The number of carbonyl (C=O) groups is 4. The highest BCUT2D eigenvalue weighted by Crippen LogP contribution is 2.53. The van der Waals surface area contributed by atoms with Gasteiger partial charge in [-0.1, -0.05) is 52.0 Å². The summed E-state index contributed by atoms with van der Waals surface area (Å²) in [4.78, 5) is 53.0. The molecule has 0 unspecified atom stereocenters. The van der Waals surface area contributed by atoms with Crippen molar-refractivity contribution in [3.8, 4) is 11.5 Å². The highest BCUT2D eigenvalue weighted by Gasteiger charge is 2.45. The van der Waals surface area contributed by atoms with Crippen molar-refractivity contribution in [3.05, 3.63) is 69.2 Å². The monoisotopic (exact) mass is 753 g/mol. The van der Waals surface area contributed by atoms with Crippen LogP contribution in [0.3, 0.4) is 0 Å². The smallest absolute Gasteiger partial charge is 0.313 e. The molecule has 3 heterocycles. The molecular formula is C40H51NO13. The number of rotatable bonds is 2. The standard InChI is InChI=1S/C40H51NO13/c1-16-12-11-13-17(2)39(49)41-29-20(5)38(54-24(9)42)25-26(35(29)48)34(47)23(8)37-27(25)36(52-15-53-37)19(4)14-18(3)31(44)22(7)33(46)28(40(50)51-10)32(45)21(6)30(16)43/h11-14,16,18,21-22,28,30-33,43-46,48H,15H2,1-10H3,(H,41,49)/b12-11-,17-13+,19-14+/t16-,18-,21-,22-,28-,30+,31-,32-,33-/m1/s1. The maximum Gasteiger partial charge on any atom is 0.313 e. The molecule has 3 aliphatic heterocycles. The first-order chi connectivity index (χ1) is 25.3. The van der Waals surface area contributed by atoms with Gasteiger partial charge in [0.1, 0.15) is 23.2 Å². The fourth-order valence-electron chi connectivity index (χ4n) is 7.22. The van der Waals surface area contributed by atoms with Gasteiger partial charge in [-0.25, -0.2) is 0 Å². The van der Waals surface area contributed by atoms with Crippen molar-refractivity contribution in [2.45, 2.75) is 86.7 Å². The normalized spacial score (nSPS) is 32.3. The fourth-order valence-corrected chi connectivity index (χ4v) is 7.22. The average Bonchev–Trinajstić information content (AvgIpc) is 3.13. The van der Waals surface area contributed by atoms with E-state index in [9.17, 15) is 44.7 Å². The van der Waals surface area contributed by atoms with Crippen molar-refractivity contribution in [3.63, 3.8) is 0 Å². The molecule has 1 amide bonds. The molecular weight excluding hydrogens is 702 g/mol. The Hall–Kier alpha value is -4.76. The minimum atomic E-state index is -1.62. The minimum absolute atomic E-state index is 0.00611. The Morgan fingerprint density at radius 2 is 1.41 bits per heavy atom. The Morgan fingerprint density at radius 1 is 0.833 bits per heavy atom. The van der Waals surface area contributed by atoms with Crippen LogP contribution in [0.4, 0.5) is 5.69 Å². The Bertz CT molecular complexity index is 1870. The lowest BCUT2D eigenvalue weighted by molar-refractivity contribution is -0.164. The summed E-state index contributed by atoms with van der Waals surface area (Å²) in [5.74, 6) is -8.30. The van der Waals surface area contributed by atoms with Gasteiger partial charge in [0.2, 0.25) is 6.79 Å². The number of benzene rings is 1. The lowest BCUT2D eigenvalue weighted by atomic mass is 9.76. The molecule has 294 valence electrons. The van der Waals surface area contributed by atoms with E-state index in [1.54, 1.807) is 32.9 Å². The molecule has 14 heteroatoms. The van der Waals surface area contributed by atoms with Crippen molar-refractivity contribution in [1.82, 2.24) is 0 Å². The number of amides is 1. The number of fused-ring (bicyclic) bond motifs is 14. The zero-order valence-electron chi connectivity index (χ0n) is 32.2. The van der Waals surface area contributed by atoms with Crippen LogP contribution in [-0.2, 0) is 28.6 Å². The molecule has 0 spiro atoms. The Balaban J connectivity index is 2.03. The number of aliphatic hydroxyl groups is 4. The summed E-state index contributed by atoms with van der Waals surface area (Å²) >= 11 is 0. The zero-order valence-corrected chi connectivity index (χ0v) is 32.2. The molecule has 14 nitrogen and oxygen atoms in total. The summed E-state index contributed by atoms with van der Waals surface area (Å²) in [6.07, 6.45) is 0.456. The van der Waals surface area contributed by atoms with Crippen LogP contribution in [0.5, 0.6) is 11.5 Å². The molecule has 0 aromatic heterocycles. The van der Waals surface area contributed by atoms with Crippen LogP contribution in [0.2, 0.25) is 0 Å². The Morgan fingerprint density at radius 3 is 1.98 bits per heavy atom. The number of esters is 2. The van der Waals surface area contributed by atoms with Crippen LogP contribution >= 0.6 is 0 Å². The molecule has 0 saturated carbocycles. The predicted molar refractivity (Wildman–Crippen MR) is 197 cm³/mol. The predicted octanol–water partition coefficient (Wildman–Crippen LogP) is 3.99. The zero-order chi connectivity index (χ0) is 40.5. The number of Topliss-reactive ketones (excluding diaryl/α,β-unsaturated/α-hetero) is 1. The first-order valence-corrected chi connectivity index (χ1v) is 17.8. The summed E-state index contributed by atoms with van der Waals surface area (Å²) in [5, 5.41) is 60.0. The van der Waals surface area contributed by atoms with E-state index in [0.29, 0.717) is 5.57 Å².